The van der Waals surface area contributed by atoms with E-state index in [-0.39, 0.29) is 5.92 Å². The molecule has 2 aromatic heterocycles. The largest absolute Gasteiger partial charge is 0.408 e. The van der Waals surface area contributed by atoms with E-state index in [2.05, 4.69) is 29.3 Å². The van der Waals surface area contributed by atoms with Crippen molar-refractivity contribution in [3.63, 3.8) is 0 Å². The van der Waals surface area contributed by atoms with Crippen molar-refractivity contribution in [3.05, 3.63) is 48.0 Å². The van der Waals surface area contributed by atoms with Crippen LogP contribution >= 0.6 is 0 Å². The van der Waals surface area contributed by atoms with Gasteiger partial charge in [-0.25, -0.2) is 0 Å². The standard InChI is InChI=1S/C19H22N4O2/c1-2-5-18-21-22-19(25-18)23-11-14(17(24)12-23)10-15-9-8-13-6-3-4-7-16(13)20-15/h3-4,6-9,14,17,24H,2,5,10-12H2,1H3/t14-,17-/m1/s1. The molecule has 130 valence electrons. The molecule has 0 amide bonds. The number of anilines is 1. The number of nitrogens with zero attached hydrogens (tertiary/aromatic N) is 4. The fourth-order valence-corrected chi connectivity index (χ4v) is 3.39. The molecule has 25 heavy (non-hydrogen) atoms. The second-order valence-electron chi connectivity index (χ2n) is 6.66. The third kappa shape index (κ3) is 3.35. The molecule has 6 heteroatoms. The predicted molar refractivity (Wildman–Crippen MR) is 95.4 cm³/mol. The Hall–Kier alpha value is -2.47. The lowest BCUT2D eigenvalue weighted by Crippen LogP contribution is -2.21. The number of para-hydroxylation sites is 1. The van der Waals surface area contributed by atoms with Gasteiger partial charge in [-0.15, -0.1) is 5.10 Å². The van der Waals surface area contributed by atoms with Crippen LogP contribution in [0.25, 0.3) is 10.9 Å². The zero-order valence-electron chi connectivity index (χ0n) is 14.3. The van der Waals surface area contributed by atoms with Crippen molar-refractivity contribution < 1.29 is 9.52 Å². The van der Waals surface area contributed by atoms with E-state index < -0.39 is 6.10 Å². The van der Waals surface area contributed by atoms with Crippen LogP contribution in [0.5, 0.6) is 0 Å². The summed E-state index contributed by atoms with van der Waals surface area (Å²) >= 11 is 0. The number of β-amino-alcohol motifs (C(OH)–C–C–N with tert-alkyl or cyclic N) is 1. The average molecular weight is 338 g/mol. The van der Waals surface area contributed by atoms with Crippen molar-refractivity contribution in [3.8, 4) is 0 Å². The first kappa shape index (κ1) is 16.0. The van der Waals surface area contributed by atoms with Gasteiger partial charge in [-0.1, -0.05) is 36.3 Å². The van der Waals surface area contributed by atoms with Gasteiger partial charge in [0.15, 0.2) is 0 Å². The van der Waals surface area contributed by atoms with Crippen LogP contribution < -0.4 is 4.90 Å². The van der Waals surface area contributed by atoms with Crippen molar-refractivity contribution in [2.45, 2.75) is 32.3 Å². The van der Waals surface area contributed by atoms with Crippen molar-refractivity contribution in [1.82, 2.24) is 15.2 Å². The molecule has 4 rings (SSSR count). The Morgan fingerprint density at radius 1 is 1.16 bits per heavy atom. The molecule has 1 N–H and O–H groups in total. The first-order chi connectivity index (χ1) is 12.2. The number of hydrogen-bond donors (Lipinski definition) is 1. The molecule has 1 fully saturated rings. The van der Waals surface area contributed by atoms with Gasteiger partial charge in [0, 0.05) is 36.5 Å². The molecule has 0 bridgehead atoms. The van der Waals surface area contributed by atoms with Crippen LogP contribution in [0.2, 0.25) is 0 Å². The smallest absolute Gasteiger partial charge is 0.318 e. The van der Waals surface area contributed by atoms with Gasteiger partial charge in [0.25, 0.3) is 0 Å². The fourth-order valence-electron chi connectivity index (χ4n) is 3.39. The summed E-state index contributed by atoms with van der Waals surface area (Å²) in [5.41, 5.74) is 1.99. The van der Waals surface area contributed by atoms with E-state index in [1.807, 2.05) is 29.2 Å². The zero-order chi connectivity index (χ0) is 17.2. The Morgan fingerprint density at radius 3 is 2.92 bits per heavy atom. The highest BCUT2D eigenvalue weighted by Gasteiger charge is 2.34. The summed E-state index contributed by atoms with van der Waals surface area (Å²) in [6.07, 6.45) is 2.07. The summed E-state index contributed by atoms with van der Waals surface area (Å²) in [5.74, 6) is 0.766. The Bertz CT molecular complexity index is 863. The number of aryl methyl sites for hydroxylation is 1. The number of hydrogen-bond acceptors (Lipinski definition) is 6. The van der Waals surface area contributed by atoms with E-state index in [0.29, 0.717) is 25.0 Å². The molecule has 0 spiro atoms. The summed E-state index contributed by atoms with van der Waals surface area (Å²) < 4.78 is 5.69. The van der Waals surface area contributed by atoms with Crippen molar-refractivity contribution in [2.75, 3.05) is 18.0 Å². The number of fused-ring (bicyclic) bond motifs is 1. The molecule has 0 aliphatic carbocycles. The second kappa shape index (κ2) is 6.80. The van der Waals surface area contributed by atoms with Crippen LogP contribution in [0, 0.1) is 5.92 Å². The first-order valence-corrected chi connectivity index (χ1v) is 8.83. The second-order valence-corrected chi connectivity index (χ2v) is 6.66. The van der Waals surface area contributed by atoms with Crippen LogP contribution in [0.1, 0.15) is 24.9 Å². The van der Waals surface area contributed by atoms with Crippen molar-refractivity contribution in [1.29, 1.82) is 0 Å². The summed E-state index contributed by atoms with van der Waals surface area (Å²) in [6.45, 7) is 3.30. The minimum Gasteiger partial charge on any atom is -0.408 e. The topological polar surface area (TPSA) is 75.3 Å². The van der Waals surface area contributed by atoms with E-state index in [4.69, 9.17) is 9.40 Å². The molecule has 6 nitrogen and oxygen atoms in total. The maximum atomic E-state index is 10.4. The number of aliphatic hydroxyl groups excluding tert-OH is 1. The van der Waals surface area contributed by atoms with E-state index in [1.54, 1.807) is 0 Å². The normalized spacial score (nSPS) is 20.5. The summed E-state index contributed by atoms with van der Waals surface area (Å²) in [7, 11) is 0. The maximum absolute atomic E-state index is 10.4. The van der Waals surface area contributed by atoms with Gasteiger partial charge in [0.2, 0.25) is 5.89 Å². The summed E-state index contributed by atoms with van der Waals surface area (Å²) in [6, 6.07) is 12.7. The fraction of sp³-hybridized carbons (Fsp3) is 0.421. The Morgan fingerprint density at radius 2 is 2.04 bits per heavy atom. The Labute approximate surface area is 146 Å². The summed E-state index contributed by atoms with van der Waals surface area (Å²) in [4.78, 5) is 6.69. The molecule has 1 aromatic carbocycles. The number of aromatic nitrogens is 3. The molecule has 1 saturated heterocycles. The molecular weight excluding hydrogens is 316 g/mol. The third-order valence-corrected chi connectivity index (χ3v) is 4.72. The van der Waals surface area contributed by atoms with E-state index >= 15 is 0 Å². The number of pyridine rings is 1. The van der Waals surface area contributed by atoms with Gasteiger partial charge < -0.3 is 14.4 Å². The van der Waals surface area contributed by atoms with E-state index in [9.17, 15) is 5.11 Å². The van der Waals surface area contributed by atoms with Gasteiger partial charge in [0.1, 0.15) is 0 Å². The average Bonchev–Trinajstić information content (AvgIpc) is 3.22. The highest BCUT2D eigenvalue weighted by Crippen LogP contribution is 2.26. The monoisotopic (exact) mass is 338 g/mol. The maximum Gasteiger partial charge on any atom is 0.318 e. The van der Waals surface area contributed by atoms with Crippen molar-refractivity contribution >= 4 is 16.9 Å². The van der Waals surface area contributed by atoms with Gasteiger partial charge in [0.05, 0.1) is 11.6 Å². The van der Waals surface area contributed by atoms with Crippen LogP contribution in [0.4, 0.5) is 6.01 Å². The quantitative estimate of drug-likeness (QED) is 0.771. The number of rotatable bonds is 5. The molecule has 1 aliphatic heterocycles. The Kier molecular flexibility index (Phi) is 4.36. The highest BCUT2D eigenvalue weighted by atomic mass is 16.4. The molecule has 3 aromatic rings. The molecule has 3 heterocycles. The minimum atomic E-state index is -0.421. The zero-order valence-corrected chi connectivity index (χ0v) is 14.3. The SMILES string of the molecule is CCCc1nnc(N2C[C@@H](Cc3ccc4ccccc4n3)[C@H](O)C2)o1. The Balaban J connectivity index is 1.46. The van der Waals surface area contributed by atoms with Crippen LogP contribution in [-0.2, 0) is 12.8 Å². The van der Waals surface area contributed by atoms with Crippen LogP contribution in [0.15, 0.2) is 40.8 Å². The molecule has 0 saturated carbocycles. The first-order valence-electron chi connectivity index (χ1n) is 8.83. The van der Waals surface area contributed by atoms with Crippen molar-refractivity contribution in [2.24, 2.45) is 5.92 Å². The predicted octanol–water partition coefficient (Wildman–Crippen LogP) is 2.61. The van der Waals surface area contributed by atoms with E-state index in [0.717, 1.165) is 35.9 Å². The highest BCUT2D eigenvalue weighted by molar-refractivity contribution is 5.78. The molecular formula is C19H22N4O2. The third-order valence-electron chi connectivity index (χ3n) is 4.72. The molecule has 1 aliphatic rings. The van der Waals surface area contributed by atoms with Gasteiger partial charge in [-0.05, 0) is 25.0 Å². The lowest BCUT2D eigenvalue weighted by molar-refractivity contribution is 0.147. The van der Waals surface area contributed by atoms with Crippen LogP contribution in [-0.4, -0.2) is 39.5 Å². The minimum absolute atomic E-state index is 0.107. The molecule has 0 unspecified atom stereocenters. The van der Waals surface area contributed by atoms with Crippen LogP contribution in [0.3, 0.4) is 0 Å². The van der Waals surface area contributed by atoms with E-state index in [1.165, 1.54) is 0 Å². The van der Waals surface area contributed by atoms with Gasteiger partial charge in [-0.2, -0.15) is 0 Å². The lowest BCUT2D eigenvalue weighted by Gasteiger charge is -2.13. The number of aliphatic hydroxyl groups is 1. The number of benzene rings is 1. The lowest BCUT2D eigenvalue weighted by atomic mass is 9.99. The summed E-state index contributed by atoms with van der Waals surface area (Å²) in [5, 5.41) is 19.8. The molecule has 2 atom stereocenters. The van der Waals surface area contributed by atoms with Gasteiger partial charge >= 0.3 is 6.01 Å². The van der Waals surface area contributed by atoms with Gasteiger partial charge in [-0.3, -0.25) is 4.98 Å². The molecule has 0 radical (unpaired) electrons.